The molecule has 0 spiro atoms. The van der Waals surface area contributed by atoms with Crippen LogP contribution >= 0.6 is 12.4 Å². The van der Waals surface area contributed by atoms with Gasteiger partial charge in [-0.25, -0.2) is 0 Å². The summed E-state index contributed by atoms with van der Waals surface area (Å²) in [5.74, 6) is 2.87. The smallest absolute Gasteiger partial charge is 0 e. The summed E-state index contributed by atoms with van der Waals surface area (Å²) in [4.78, 5) is 0. The van der Waals surface area contributed by atoms with Crippen molar-refractivity contribution in [1.29, 1.82) is 0 Å². The quantitative estimate of drug-likeness (QED) is 0.574. The van der Waals surface area contributed by atoms with Crippen molar-refractivity contribution in [2.24, 2.45) is 17.8 Å². The van der Waals surface area contributed by atoms with Crippen LogP contribution in [-0.2, 0) is 21.7 Å². The first-order valence-corrected chi connectivity index (χ1v) is 4.98. The molecule has 0 aromatic carbocycles. The Morgan fingerprint density at radius 2 is 1.15 bits per heavy atom. The van der Waals surface area contributed by atoms with E-state index < -0.39 is 0 Å². The molecule has 4 aliphatic carbocycles. The van der Waals surface area contributed by atoms with Gasteiger partial charge in [0.05, 0.1) is 0 Å². The summed E-state index contributed by atoms with van der Waals surface area (Å²) in [6.45, 7) is 0. The zero-order valence-electron chi connectivity index (χ0n) is 7.88. The molecule has 0 unspecified atom stereocenters. The molecule has 0 heterocycles. The van der Waals surface area contributed by atoms with Crippen molar-refractivity contribution in [3.05, 3.63) is 5.73 Å². The second-order valence-corrected chi connectivity index (χ2v) is 5.20. The van der Waals surface area contributed by atoms with Crippen molar-refractivity contribution in [2.75, 3.05) is 0 Å². The van der Waals surface area contributed by atoms with E-state index in [4.69, 9.17) is 5.73 Å². The predicted octanol–water partition coefficient (Wildman–Crippen LogP) is 3.43. The molecular formula is C10H17ClNTi-. The summed E-state index contributed by atoms with van der Waals surface area (Å²) in [7, 11) is 0. The van der Waals surface area contributed by atoms with Gasteiger partial charge >= 0.3 is 0 Å². The molecule has 74 valence electrons. The summed E-state index contributed by atoms with van der Waals surface area (Å²) in [5.41, 5.74) is 8.26. The fraction of sp³-hybridized carbons (Fsp3) is 1.00. The molecule has 0 radical (unpaired) electrons. The maximum atomic E-state index is 8.21. The minimum atomic E-state index is 0. The first kappa shape index (κ1) is 12.0. The molecule has 0 aliphatic heterocycles. The van der Waals surface area contributed by atoms with Crippen molar-refractivity contribution in [3.63, 3.8) is 0 Å². The largest absolute Gasteiger partial charge is 0.672 e. The maximum absolute atomic E-state index is 8.21. The standard InChI is InChI=1S/C10H16N.ClH.Ti/c11-10-4-7-1-8(5-10)3-9(2-7)6-10;;/h7-9,11H,1-6H2;1H;/q-1;;. The molecule has 0 atom stereocenters. The molecule has 3 heteroatoms. The summed E-state index contributed by atoms with van der Waals surface area (Å²) >= 11 is 0. The van der Waals surface area contributed by atoms with Gasteiger partial charge in [-0.15, -0.1) is 17.9 Å². The van der Waals surface area contributed by atoms with Crippen LogP contribution in [0, 0.1) is 17.8 Å². The Bertz CT molecular complexity index is 160. The van der Waals surface area contributed by atoms with Crippen LogP contribution in [0.4, 0.5) is 0 Å². The van der Waals surface area contributed by atoms with Gasteiger partial charge in [-0.3, -0.25) is 0 Å². The molecule has 0 saturated heterocycles. The molecule has 4 saturated carbocycles. The van der Waals surface area contributed by atoms with Gasteiger partial charge in [0.25, 0.3) is 0 Å². The van der Waals surface area contributed by atoms with Crippen LogP contribution in [0.2, 0.25) is 0 Å². The van der Waals surface area contributed by atoms with Gasteiger partial charge in [0.2, 0.25) is 0 Å². The molecular weight excluding hydrogens is 217 g/mol. The minimum absolute atomic E-state index is 0. The first-order chi connectivity index (χ1) is 5.23. The number of hydrogen-bond donors (Lipinski definition) is 0. The monoisotopic (exact) mass is 234 g/mol. The van der Waals surface area contributed by atoms with E-state index in [1.165, 1.54) is 38.5 Å². The topological polar surface area (TPSA) is 23.8 Å². The van der Waals surface area contributed by atoms with E-state index in [-0.39, 0.29) is 39.7 Å². The maximum Gasteiger partial charge on any atom is 0 e. The molecule has 1 nitrogen and oxygen atoms in total. The normalized spacial score (nSPS) is 51.0. The van der Waals surface area contributed by atoms with Crippen LogP contribution in [-0.4, -0.2) is 5.54 Å². The fourth-order valence-corrected chi connectivity index (χ4v) is 4.11. The van der Waals surface area contributed by atoms with Gasteiger partial charge in [-0.05, 0) is 37.0 Å². The van der Waals surface area contributed by atoms with Crippen LogP contribution in [0.5, 0.6) is 0 Å². The summed E-state index contributed by atoms with van der Waals surface area (Å²) in [5, 5.41) is 0. The molecule has 0 amide bonds. The molecule has 4 fully saturated rings. The van der Waals surface area contributed by atoms with E-state index in [0.717, 1.165) is 17.8 Å². The Kier molecular flexibility index (Phi) is 3.56. The Labute approximate surface area is 102 Å². The number of rotatable bonds is 0. The van der Waals surface area contributed by atoms with Crippen LogP contribution in [0.3, 0.4) is 0 Å². The van der Waals surface area contributed by atoms with Crippen LogP contribution in [0.15, 0.2) is 0 Å². The van der Waals surface area contributed by atoms with Gasteiger partial charge in [0.1, 0.15) is 0 Å². The third-order valence-corrected chi connectivity index (χ3v) is 4.04. The van der Waals surface area contributed by atoms with Gasteiger partial charge in [0.15, 0.2) is 0 Å². The number of halogens is 1. The van der Waals surface area contributed by atoms with E-state index in [9.17, 15) is 0 Å². The van der Waals surface area contributed by atoms with Crippen molar-refractivity contribution < 1.29 is 21.7 Å². The zero-order chi connectivity index (χ0) is 7.47. The minimum Gasteiger partial charge on any atom is -0.672 e. The van der Waals surface area contributed by atoms with Crippen molar-refractivity contribution >= 4 is 12.4 Å². The third kappa shape index (κ3) is 1.99. The molecule has 4 bridgehead atoms. The van der Waals surface area contributed by atoms with Crippen LogP contribution in [0.1, 0.15) is 38.5 Å². The predicted molar refractivity (Wildman–Crippen MR) is 52.5 cm³/mol. The SMILES string of the molecule is Cl.[NH-]C12CC3CC(CC(C3)C1)C2.[Ti]. The number of hydrogen-bond acceptors (Lipinski definition) is 0. The Morgan fingerprint density at radius 3 is 1.38 bits per heavy atom. The Morgan fingerprint density at radius 1 is 0.846 bits per heavy atom. The molecule has 4 rings (SSSR count). The van der Waals surface area contributed by atoms with Crippen LogP contribution in [0.25, 0.3) is 5.73 Å². The Hall–Kier alpha value is 0.964. The number of nitrogens with one attached hydrogen (secondary N) is 1. The van der Waals surface area contributed by atoms with E-state index in [1.54, 1.807) is 0 Å². The summed E-state index contributed by atoms with van der Waals surface area (Å²) in [6, 6.07) is 0. The first-order valence-electron chi connectivity index (χ1n) is 4.98. The van der Waals surface area contributed by atoms with Gasteiger partial charge in [-0.2, -0.15) is 0 Å². The molecule has 13 heavy (non-hydrogen) atoms. The van der Waals surface area contributed by atoms with E-state index in [0.29, 0.717) is 0 Å². The van der Waals surface area contributed by atoms with Crippen LogP contribution < -0.4 is 0 Å². The second kappa shape index (κ2) is 3.85. The molecule has 0 aromatic rings. The van der Waals surface area contributed by atoms with Gasteiger partial charge in [-0.1, -0.05) is 19.3 Å². The van der Waals surface area contributed by atoms with E-state index in [1.807, 2.05) is 0 Å². The van der Waals surface area contributed by atoms with Gasteiger partial charge in [0, 0.05) is 21.7 Å². The second-order valence-electron chi connectivity index (χ2n) is 5.20. The molecule has 4 aliphatic rings. The third-order valence-electron chi connectivity index (χ3n) is 4.04. The van der Waals surface area contributed by atoms with E-state index >= 15 is 0 Å². The molecule has 0 aromatic heterocycles. The zero-order valence-corrected chi connectivity index (χ0v) is 10.3. The van der Waals surface area contributed by atoms with Crippen molar-refractivity contribution in [3.8, 4) is 0 Å². The van der Waals surface area contributed by atoms with Crippen molar-refractivity contribution in [1.82, 2.24) is 0 Å². The van der Waals surface area contributed by atoms with E-state index in [2.05, 4.69) is 0 Å². The average Bonchev–Trinajstić information content (AvgIpc) is 1.79. The van der Waals surface area contributed by atoms with Gasteiger partial charge < -0.3 is 5.73 Å². The fourth-order valence-electron chi connectivity index (χ4n) is 4.11. The van der Waals surface area contributed by atoms with Crippen molar-refractivity contribution in [2.45, 2.75) is 44.1 Å². The molecule has 1 N–H and O–H groups in total. The Balaban J connectivity index is 0.000000422. The summed E-state index contributed by atoms with van der Waals surface area (Å²) in [6.07, 6.45) is 8.12. The average molecular weight is 235 g/mol. The summed E-state index contributed by atoms with van der Waals surface area (Å²) < 4.78 is 0.